The van der Waals surface area contributed by atoms with Crippen LogP contribution in [0.25, 0.3) is 22.3 Å². The number of benzene rings is 2. The first-order chi connectivity index (χ1) is 17.2. The highest BCUT2D eigenvalue weighted by Gasteiger charge is 2.52. The average Bonchev–Trinajstić information content (AvgIpc) is 3.23. The average molecular weight is 501 g/mol. The van der Waals surface area contributed by atoms with Crippen molar-refractivity contribution in [3.8, 4) is 17.0 Å². The predicted molar refractivity (Wildman–Crippen MR) is 149 cm³/mol. The smallest absolute Gasteiger partial charge is 0.139 e. The number of para-hydroxylation sites is 1. The fourth-order valence-electron chi connectivity index (χ4n) is 5.93. The van der Waals surface area contributed by atoms with E-state index in [1.807, 2.05) is 37.4 Å². The Kier molecular flexibility index (Phi) is 5.51. The molecule has 2 aromatic carbocycles. The summed E-state index contributed by atoms with van der Waals surface area (Å²) in [6, 6.07) is 18.3. The molecule has 3 heterocycles. The van der Waals surface area contributed by atoms with Gasteiger partial charge in [-0.1, -0.05) is 12.1 Å². The second-order valence-corrected chi connectivity index (χ2v) is 14.3. The third kappa shape index (κ3) is 4.23. The van der Waals surface area contributed by atoms with Crippen molar-refractivity contribution in [1.29, 1.82) is 0 Å². The zero-order valence-electron chi connectivity index (χ0n) is 21.3. The highest BCUT2D eigenvalue weighted by Crippen LogP contribution is 2.49. The van der Waals surface area contributed by atoms with E-state index in [1.54, 1.807) is 13.3 Å². The molecule has 6 rings (SSSR count). The molecule has 0 radical (unpaired) electrons. The van der Waals surface area contributed by atoms with Crippen molar-refractivity contribution in [3.63, 3.8) is 0 Å². The standard InChI is InChI=1S/C29H33N4O2P/c1-19-16-30-28-23(27(19)31-24-7-5-6-8-26(24)36(3,4)34)13-25(32-28)20-9-11-21(12-10-20)35-22-14-29(15-22)17-33(2)18-29/h5-13,16,22H,14-15,17-18H2,1-4H3,(H2,30,31,32). The number of nitrogens with one attached hydrogen (secondary N) is 2. The summed E-state index contributed by atoms with van der Waals surface area (Å²) in [5, 5.41) is 5.42. The molecule has 6 nitrogen and oxygen atoms in total. The summed E-state index contributed by atoms with van der Waals surface area (Å²) in [7, 11) is -0.247. The Bertz CT molecular complexity index is 1470. The molecule has 2 fully saturated rings. The van der Waals surface area contributed by atoms with Crippen molar-refractivity contribution in [1.82, 2.24) is 14.9 Å². The van der Waals surface area contributed by atoms with E-state index in [1.165, 1.54) is 13.1 Å². The number of rotatable bonds is 6. The third-order valence-corrected chi connectivity index (χ3v) is 9.14. The number of pyridine rings is 1. The molecule has 186 valence electrons. The van der Waals surface area contributed by atoms with Crippen LogP contribution in [0.5, 0.6) is 5.75 Å². The van der Waals surface area contributed by atoms with Crippen LogP contribution in [0.2, 0.25) is 0 Å². The van der Waals surface area contributed by atoms with Gasteiger partial charge >= 0.3 is 0 Å². The molecule has 0 unspecified atom stereocenters. The van der Waals surface area contributed by atoms with Gasteiger partial charge in [0.15, 0.2) is 0 Å². The van der Waals surface area contributed by atoms with Crippen LogP contribution in [-0.2, 0) is 4.57 Å². The molecule has 0 amide bonds. The summed E-state index contributed by atoms with van der Waals surface area (Å²) in [5.74, 6) is 0.930. The first-order valence-electron chi connectivity index (χ1n) is 12.5. The molecule has 2 N–H and O–H groups in total. The van der Waals surface area contributed by atoms with Gasteiger partial charge in [-0.15, -0.1) is 0 Å². The minimum Gasteiger partial charge on any atom is -0.490 e. The van der Waals surface area contributed by atoms with Gasteiger partial charge in [0.1, 0.15) is 18.5 Å². The SMILES string of the molecule is Cc1cnc2[nH]c(-c3ccc(OC4CC5(C4)CN(C)C5)cc3)cc2c1Nc1ccccc1P(C)(C)=O. The van der Waals surface area contributed by atoms with E-state index >= 15 is 0 Å². The monoisotopic (exact) mass is 500 g/mol. The lowest BCUT2D eigenvalue weighted by atomic mass is 9.62. The fraction of sp³-hybridized carbons (Fsp3) is 0.345. The number of hydrogen-bond acceptors (Lipinski definition) is 5. The number of likely N-dealkylation sites (tertiary alicyclic amines) is 1. The normalized spacial score (nSPS) is 17.7. The minimum atomic E-state index is -2.43. The maximum Gasteiger partial charge on any atom is 0.139 e. The van der Waals surface area contributed by atoms with Crippen LogP contribution in [-0.4, -0.2) is 54.4 Å². The summed E-state index contributed by atoms with van der Waals surface area (Å²) in [6.07, 6.45) is 4.53. The number of aryl methyl sites for hydroxylation is 1. The molecule has 1 saturated carbocycles. The Balaban J connectivity index is 1.23. The van der Waals surface area contributed by atoms with Gasteiger partial charge in [0.05, 0.1) is 11.8 Å². The lowest BCUT2D eigenvalue weighted by molar-refractivity contribution is -0.109. The van der Waals surface area contributed by atoms with Gasteiger partial charge in [-0.25, -0.2) is 4.98 Å². The molecule has 7 heteroatoms. The Labute approximate surface area is 212 Å². The van der Waals surface area contributed by atoms with E-state index < -0.39 is 7.14 Å². The highest BCUT2D eigenvalue weighted by atomic mass is 31.2. The van der Waals surface area contributed by atoms with Crippen LogP contribution in [0.4, 0.5) is 11.4 Å². The number of fused-ring (bicyclic) bond motifs is 1. The van der Waals surface area contributed by atoms with Crippen LogP contribution < -0.4 is 15.4 Å². The van der Waals surface area contributed by atoms with E-state index in [4.69, 9.17) is 4.74 Å². The van der Waals surface area contributed by atoms with Crippen LogP contribution >= 0.6 is 7.14 Å². The zero-order valence-corrected chi connectivity index (χ0v) is 22.2. The van der Waals surface area contributed by atoms with E-state index in [-0.39, 0.29) is 0 Å². The van der Waals surface area contributed by atoms with E-state index in [9.17, 15) is 4.57 Å². The molecule has 1 spiro atoms. The molecule has 0 bridgehead atoms. The van der Waals surface area contributed by atoms with E-state index in [2.05, 4.69) is 57.6 Å². The number of aromatic amines is 1. The van der Waals surface area contributed by atoms with Crippen molar-refractivity contribution in [2.24, 2.45) is 5.41 Å². The molecule has 0 atom stereocenters. The summed E-state index contributed by atoms with van der Waals surface area (Å²) in [5.41, 5.74) is 6.30. The number of aromatic nitrogens is 2. The van der Waals surface area contributed by atoms with Gasteiger partial charge in [0.2, 0.25) is 0 Å². The summed E-state index contributed by atoms with van der Waals surface area (Å²) in [4.78, 5) is 10.5. The Hall–Kier alpha value is -3.08. The molecule has 4 aromatic rings. The topological polar surface area (TPSA) is 70.2 Å². The minimum absolute atomic E-state index is 0.336. The van der Waals surface area contributed by atoms with Gasteiger partial charge in [-0.2, -0.15) is 0 Å². The second kappa shape index (κ2) is 8.50. The van der Waals surface area contributed by atoms with Gasteiger partial charge < -0.3 is 24.5 Å². The van der Waals surface area contributed by atoms with Crippen LogP contribution in [0.1, 0.15) is 18.4 Å². The van der Waals surface area contributed by atoms with Crippen LogP contribution in [0.3, 0.4) is 0 Å². The lowest BCUT2D eigenvalue weighted by Gasteiger charge is -2.57. The maximum absolute atomic E-state index is 12.9. The second-order valence-electron chi connectivity index (χ2n) is 11.1. The third-order valence-electron chi connectivity index (χ3n) is 7.59. The number of ether oxygens (including phenoxy) is 1. The zero-order chi connectivity index (χ0) is 25.1. The Morgan fingerprint density at radius 2 is 1.83 bits per heavy atom. The number of anilines is 2. The maximum atomic E-state index is 12.9. The van der Waals surface area contributed by atoms with Crippen molar-refractivity contribution >= 4 is 34.9 Å². The molecule has 2 aliphatic rings. The van der Waals surface area contributed by atoms with Crippen LogP contribution in [0.15, 0.2) is 60.8 Å². The summed E-state index contributed by atoms with van der Waals surface area (Å²) >= 11 is 0. The number of H-pyrrole nitrogens is 1. The summed E-state index contributed by atoms with van der Waals surface area (Å²) < 4.78 is 19.1. The van der Waals surface area contributed by atoms with Crippen molar-refractivity contribution in [2.75, 3.05) is 38.8 Å². The number of hydrogen-bond donors (Lipinski definition) is 2. The van der Waals surface area contributed by atoms with E-state index in [0.717, 1.165) is 63.1 Å². The van der Waals surface area contributed by atoms with Gasteiger partial charge in [-0.3, -0.25) is 0 Å². The van der Waals surface area contributed by atoms with E-state index in [0.29, 0.717) is 11.5 Å². The van der Waals surface area contributed by atoms with Crippen molar-refractivity contribution in [2.45, 2.75) is 25.9 Å². The summed E-state index contributed by atoms with van der Waals surface area (Å²) in [6.45, 7) is 8.06. The first-order valence-corrected chi connectivity index (χ1v) is 15.1. The van der Waals surface area contributed by atoms with Gasteiger partial charge in [-0.05, 0) is 93.7 Å². The largest absolute Gasteiger partial charge is 0.490 e. The van der Waals surface area contributed by atoms with Crippen LogP contribution in [0, 0.1) is 12.3 Å². The molecular formula is C29H33N4O2P. The predicted octanol–water partition coefficient (Wildman–Crippen LogP) is 6.00. The molecule has 2 aromatic heterocycles. The van der Waals surface area contributed by atoms with Gasteiger partial charge in [0.25, 0.3) is 0 Å². The molecular weight excluding hydrogens is 467 g/mol. The molecule has 1 aliphatic carbocycles. The fourth-order valence-corrected chi connectivity index (χ4v) is 7.09. The number of nitrogens with zero attached hydrogens (tertiary/aromatic N) is 2. The Morgan fingerprint density at radius 3 is 2.53 bits per heavy atom. The first kappa shape index (κ1) is 23.3. The quantitative estimate of drug-likeness (QED) is 0.318. The van der Waals surface area contributed by atoms with Crippen molar-refractivity contribution < 1.29 is 9.30 Å². The van der Waals surface area contributed by atoms with Crippen molar-refractivity contribution in [3.05, 3.63) is 66.4 Å². The molecule has 36 heavy (non-hydrogen) atoms. The molecule has 1 saturated heterocycles. The lowest BCUT2D eigenvalue weighted by Crippen LogP contribution is -2.63. The Morgan fingerprint density at radius 1 is 1.11 bits per heavy atom. The highest BCUT2D eigenvalue weighted by molar-refractivity contribution is 7.70. The van der Waals surface area contributed by atoms with Gasteiger partial charge in [0, 0.05) is 46.8 Å². The molecule has 1 aliphatic heterocycles.